The maximum Gasteiger partial charge on any atom is 0.319 e. The van der Waals surface area contributed by atoms with Crippen LogP contribution in [0.3, 0.4) is 0 Å². The topological polar surface area (TPSA) is 57.0 Å². The van der Waals surface area contributed by atoms with Crippen LogP contribution in [0.2, 0.25) is 0 Å². The molecule has 0 aliphatic rings. The van der Waals surface area contributed by atoms with Crippen LogP contribution in [0.1, 0.15) is 37.4 Å². The molecule has 0 amide bonds. The largest absolute Gasteiger partial charge is 0.465 e. The third-order valence-corrected chi connectivity index (χ3v) is 5.42. The average molecular weight is 354 g/mol. The maximum absolute atomic E-state index is 12.0. The van der Waals surface area contributed by atoms with E-state index in [2.05, 4.69) is 39.2 Å². The van der Waals surface area contributed by atoms with E-state index < -0.39 is 0 Å². The summed E-state index contributed by atoms with van der Waals surface area (Å²) in [7, 11) is 0. The van der Waals surface area contributed by atoms with Crippen LogP contribution in [-0.4, -0.2) is 32.6 Å². The molecule has 0 aromatic carbocycles. The monoisotopic (exact) mass is 353 g/mol. The zero-order chi connectivity index (χ0) is 16.7. The van der Waals surface area contributed by atoms with Gasteiger partial charge in [-0.3, -0.25) is 4.79 Å². The Morgan fingerprint density at radius 2 is 2.30 bits per heavy atom. The average Bonchev–Trinajstić information content (AvgIpc) is 3.16. The van der Waals surface area contributed by atoms with Gasteiger partial charge in [0.05, 0.1) is 6.61 Å². The highest BCUT2D eigenvalue weighted by Crippen LogP contribution is 2.24. The molecule has 0 fully saturated rings. The van der Waals surface area contributed by atoms with Crippen molar-refractivity contribution in [1.29, 1.82) is 0 Å². The molecule has 0 aliphatic carbocycles. The van der Waals surface area contributed by atoms with Crippen LogP contribution in [0, 0.1) is 6.92 Å². The van der Waals surface area contributed by atoms with Crippen molar-refractivity contribution in [3.63, 3.8) is 0 Å². The maximum atomic E-state index is 12.0. The van der Waals surface area contributed by atoms with E-state index in [0.29, 0.717) is 6.61 Å². The number of unbranched alkanes of at least 4 members (excludes halogenated alkanes) is 1. The Kier molecular flexibility index (Phi) is 7.11. The first-order valence-electron chi connectivity index (χ1n) is 7.87. The van der Waals surface area contributed by atoms with Crippen molar-refractivity contribution in [3.05, 3.63) is 28.2 Å². The van der Waals surface area contributed by atoms with Gasteiger partial charge in [-0.1, -0.05) is 31.2 Å². The molecule has 0 bridgehead atoms. The number of carbonyl (C=O) groups excluding carboxylic acids is 1. The van der Waals surface area contributed by atoms with Gasteiger partial charge in [0.2, 0.25) is 0 Å². The molecule has 1 unspecified atom stereocenters. The second-order valence-corrected chi connectivity index (χ2v) is 7.63. The molecule has 126 valence electrons. The van der Waals surface area contributed by atoms with Crippen LogP contribution in [0.25, 0.3) is 0 Å². The number of ether oxygens (including phenoxy) is 1. The Bertz CT molecular complexity index is 611. The minimum absolute atomic E-state index is 0.186. The van der Waals surface area contributed by atoms with Crippen molar-refractivity contribution in [3.8, 4) is 0 Å². The van der Waals surface area contributed by atoms with Crippen LogP contribution in [0.5, 0.6) is 0 Å². The van der Waals surface area contributed by atoms with Crippen molar-refractivity contribution in [1.82, 2.24) is 14.8 Å². The van der Waals surface area contributed by atoms with E-state index in [1.807, 2.05) is 13.8 Å². The lowest BCUT2D eigenvalue weighted by Crippen LogP contribution is -2.18. The zero-order valence-electron chi connectivity index (χ0n) is 13.8. The van der Waals surface area contributed by atoms with Crippen molar-refractivity contribution in [2.24, 2.45) is 0 Å². The van der Waals surface area contributed by atoms with Crippen LogP contribution in [0.4, 0.5) is 0 Å². The number of thioether (sulfide) groups is 1. The second kappa shape index (κ2) is 9.08. The fraction of sp³-hybridized carbons (Fsp3) is 0.562. The number of hydrogen-bond donors (Lipinski definition) is 0. The van der Waals surface area contributed by atoms with Gasteiger partial charge < -0.3 is 9.30 Å². The summed E-state index contributed by atoms with van der Waals surface area (Å²) in [5.41, 5.74) is 0. The highest BCUT2D eigenvalue weighted by Gasteiger charge is 2.20. The van der Waals surface area contributed by atoms with Gasteiger partial charge >= 0.3 is 5.97 Å². The minimum atomic E-state index is -0.282. The molecular weight excluding hydrogens is 330 g/mol. The van der Waals surface area contributed by atoms with Crippen molar-refractivity contribution in [2.75, 3.05) is 6.61 Å². The highest BCUT2D eigenvalue weighted by atomic mass is 32.2. The number of esters is 1. The molecule has 5 nitrogen and oxygen atoms in total. The summed E-state index contributed by atoms with van der Waals surface area (Å²) in [5.74, 6) is 0.685. The van der Waals surface area contributed by atoms with E-state index in [4.69, 9.17) is 4.74 Å². The van der Waals surface area contributed by atoms with E-state index in [1.54, 1.807) is 11.3 Å². The molecule has 0 saturated carbocycles. The van der Waals surface area contributed by atoms with E-state index in [0.717, 1.165) is 36.8 Å². The number of rotatable bonds is 9. The second-order valence-electron chi connectivity index (χ2n) is 5.29. The summed E-state index contributed by atoms with van der Waals surface area (Å²) in [6.07, 6.45) is 2.86. The molecule has 0 N–H and O–H groups in total. The Morgan fingerprint density at radius 1 is 1.48 bits per heavy atom. The first-order valence-corrected chi connectivity index (χ1v) is 9.63. The summed E-state index contributed by atoms with van der Waals surface area (Å²) < 4.78 is 7.34. The van der Waals surface area contributed by atoms with Gasteiger partial charge in [-0.2, -0.15) is 0 Å². The number of thiophene rings is 1. The SMILES string of the molecule is CCCCOC(=O)C(C)Sc1nnc(C)n1CCc1cccs1. The van der Waals surface area contributed by atoms with E-state index in [1.165, 1.54) is 16.6 Å². The lowest BCUT2D eigenvalue weighted by atomic mass is 10.3. The molecule has 2 aromatic rings. The van der Waals surface area contributed by atoms with Crippen molar-refractivity contribution in [2.45, 2.75) is 57.0 Å². The summed E-state index contributed by atoms with van der Waals surface area (Å²) >= 11 is 3.16. The molecule has 0 spiro atoms. The number of hydrogen-bond acceptors (Lipinski definition) is 6. The van der Waals surface area contributed by atoms with Gasteiger partial charge in [0.25, 0.3) is 0 Å². The molecule has 2 heterocycles. The van der Waals surface area contributed by atoms with Crippen LogP contribution in [0.15, 0.2) is 22.7 Å². The van der Waals surface area contributed by atoms with Gasteiger partial charge in [-0.25, -0.2) is 0 Å². The third-order valence-electron chi connectivity index (χ3n) is 3.42. The first-order chi connectivity index (χ1) is 11.1. The molecule has 23 heavy (non-hydrogen) atoms. The van der Waals surface area contributed by atoms with E-state index in [-0.39, 0.29) is 11.2 Å². The van der Waals surface area contributed by atoms with Gasteiger partial charge in [0.1, 0.15) is 11.1 Å². The standard InChI is InChI=1S/C16H23N3O2S2/c1-4-5-10-21-15(20)12(2)23-16-18-17-13(3)19(16)9-8-14-7-6-11-22-14/h6-7,11-12H,4-5,8-10H2,1-3H3. The molecule has 2 rings (SSSR count). The summed E-state index contributed by atoms with van der Waals surface area (Å²) in [5, 5.41) is 10.9. The number of aromatic nitrogens is 3. The smallest absolute Gasteiger partial charge is 0.319 e. The normalized spacial score (nSPS) is 12.3. The predicted octanol–water partition coefficient (Wildman–Crippen LogP) is 3.71. The molecular formula is C16H23N3O2S2. The zero-order valence-corrected chi connectivity index (χ0v) is 15.5. The number of carbonyl (C=O) groups is 1. The van der Waals surface area contributed by atoms with Crippen molar-refractivity contribution >= 4 is 29.1 Å². The fourth-order valence-corrected chi connectivity index (χ4v) is 3.64. The van der Waals surface area contributed by atoms with Crippen LogP contribution >= 0.6 is 23.1 Å². The molecule has 2 aromatic heterocycles. The van der Waals surface area contributed by atoms with Gasteiger partial charge in [-0.05, 0) is 38.1 Å². The minimum Gasteiger partial charge on any atom is -0.465 e. The summed E-state index contributed by atoms with van der Waals surface area (Å²) in [6.45, 7) is 7.18. The Morgan fingerprint density at radius 3 is 3.00 bits per heavy atom. The quantitative estimate of drug-likeness (QED) is 0.391. The van der Waals surface area contributed by atoms with E-state index in [9.17, 15) is 4.79 Å². The Balaban J connectivity index is 1.93. The van der Waals surface area contributed by atoms with Crippen molar-refractivity contribution < 1.29 is 9.53 Å². The van der Waals surface area contributed by atoms with Gasteiger partial charge in [0.15, 0.2) is 5.16 Å². The molecule has 7 heteroatoms. The molecule has 0 aliphatic heterocycles. The Labute approximate surface area is 145 Å². The van der Waals surface area contributed by atoms with Gasteiger partial charge in [-0.15, -0.1) is 21.5 Å². The van der Waals surface area contributed by atoms with Gasteiger partial charge in [0, 0.05) is 11.4 Å². The molecule has 0 saturated heterocycles. The summed E-state index contributed by atoms with van der Waals surface area (Å²) in [6, 6.07) is 4.19. The Hall–Kier alpha value is -1.34. The van der Waals surface area contributed by atoms with E-state index >= 15 is 0 Å². The molecule has 1 atom stereocenters. The highest BCUT2D eigenvalue weighted by molar-refractivity contribution is 8.00. The first kappa shape index (κ1) is 18.0. The predicted molar refractivity (Wildman–Crippen MR) is 94.0 cm³/mol. The number of aryl methyl sites for hydroxylation is 2. The van der Waals surface area contributed by atoms with Crippen LogP contribution in [-0.2, 0) is 22.5 Å². The fourth-order valence-electron chi connectivity index (χ4n) is 2.02. The lowest BCUT2D eigenvalue weighted by Gasteiger charge is -2.12. The molecule has 0 radical (unpaired) electrons. The summed E-state index contributed by atoms with van der Waals surface area (Å²) in [4.78, 5) is 13.3. The van der Waals surface area contributed by atoms with Crippen LogP contribution < -0.4 is 0 Å². The lowest BCUT2D eigenvalue weighted by molar-refractivity contribution is -0.142. The number of nitrogens with zero attached hydrogens (tertiary/aromatic N) is 3. The third kappa shape index (κ3) is 5.35.